The summed E-state index contributed by atoms with van der Waals surface area (Å²) >= 11 is 3.56. The van der Waals surface area contributed by atoms with Crippen LogP contribution in [0.1, 0.15) is 24.0 Å². The third kappa shape index (κ3) is 4.19. The van der Waals surface area contributed by atoms with E-state index >= 15 is 0 Å². The molecule has 0 spiro atoms. The molecule has 0 aliphatic heterocycles. The average molecular weight is 300 g/mol. The smallest absolute Gasteiger partial charge is 0.00695 e. The van der Waals surface area contributed by atoms with Gasteiger partial charge < -0.3 is 0 Å². The average Bonchev–Trinajstić information content (AvgIpc) is 2.53. The Morgan fingerprint density at radius 1 is 0.800 bits per heavy atom. The Kier molecular flexibility index (Phi) is 5.81. The normalized spacial score (nSPS) is 12.8. The lowest BCUT2D eigenvalue weighted by atomic mass is 10.00. The fourth-order valence-corrected chi connectivity index (χ4v) is 2.81. The van der Waals surface area contributed by atoms with Gasteiger partial charge in [0, 0.05) is 9.79 Å². The molecule has 1 unspecified atom stereocenters. The highest BCUT2D eigenvalue weighted by molar-refractivity contribution is 7.98. The maximum atomic E-state index is 2.27. The van der Waals surface area contributed by atoms with E-state index in [0.717, 1.165) is 0 Å². The number of rotatable bonds is 5. The summed E-state index contributed by atoms with van der Waals surface area (Å²) in [5.74, 6) is 0.436. The third-order valence-corrected chi connectivity index (χ3v) is 4.82. The van der Waals surface area contributed by atoms with Crippen LogP contribution in [0.3, 0.4) is 0 Å². The summed E-state index contributed by atoms with van der Waals surface area (Å²) < 4.78 is 0. The van der Waals surface area contributed by atoms with Gasteiger partial charge in [-0.1, -0.05) is 43.3 Å². The van der Waals surface area contributed by atoms with Crippen LogP contribution in [0.5, 0.6) is 0 Å². The van der Waals surface area contributed by atoms with Gasteiger partial charge in [-0.2, -0.15) is 0 Å². The van der Waals surface area contributed by atoms with Gasteiger partial charge >= 0.3 is 0 Å². The summed E-state index contributed by atoms with van der Waals surface area (Å²) in [6, 6.07) is 17.5. The molecule has 0 saturated carbocycles. The Balaban J connectivity index is 2.04. The van der Waals surface area contributed by atoms with Crippen molar-refractivity contribution < 1.29 is 0 Å². The first-order valence-corrected chi connectivity index (χ1v) is 9.14. The quantitative estimate of drug-likeness (QED) is 0.626. The van der Waals surface area contributed by atoms with Gasteiger partial charge in [-0.15, -0.1) is 23.5 Å². The van der Waals surface area contributed by atoms with E-state index < -0.39 is 0 Å². The first-order chi connectivity index (χ1) is 9.72. The maximum absolute atomic E-state index is 2.27. The molecule has 0 aliphatic rings. The Morgan fingerprint density at radius 3 is 1.80 bits per heavy atom. The minimum absolute atomic E-state index is 0.436. The van der Waals surface area contributed by atoms with Crippen LogP contribution in [-0.2, 0) is 0 Å². The van der Waals surface area contributed by atoms with Crippen LogP contribution < -0.4 is 0 Å². The molecule has 0 nitrogen and oxygen atoms in total. The summed E-state index contributed by atoms with van der Waals surface area (Å²) in [6.45, 7) is 2.24. The fraction of sp³-hybridized carbons (Fsp3) is 0.222. The van der Waals surface area contributed by atoms with E-state index in [4.69, 9.17) is 0 Å². The van der Waals surface area contributed by atoms with E-state index in [1.165, 1.54) is 20.9 Å². The van der Waals surface area contributed by atoms with Gasteiger partial charge in [-0.05, 0) is 53.8 Å². The van der Waals surface area contributed by atoms with E-state index in [0.29, 0.717) is 5.92 Å². The summed E-state index contributed by atoms with van der Waals surface area (Å²) in [6.07, 6.45) is 8.68. The molecule has 0 saturated heterocycles. The Labute approximate surface area is 130 Å². The van der Waals surface area contributed by atoms with Crippen molar-refractivity contribution >= 4 is 29.6 Å². The molecule has 20 heavy (non-hydrogen) atoms. The molecule has 0 radical (unpaired) electrons. The van der Waals surface area contributed by atoms with E-state index in [1.54, 1.807) is 23.5 Å². The summed E-state index contributed by atoms with van der Waals surface area (Å²) in [5.41, 5.74) is 2.62. The van der Waals surface area contributed by atoms with Gasteiger partial charge in [0.15, 0.2) is 0 Å². The number of allylic oxidation sites excluding steroid dienone is 1. The zero-order valence-corrected chi connectivity index (χ0v) is 13.8. The van der Waals surface area contributed by atoms with Crippen LogP contribution in [0.15, 0.2) is 64.4 Å². The van der Waals surface area contributed by atoms with Gasteiger partial charge in [-0.25, -0.2) is 0 Å². The second kappa shape index (κ2) is 7.61. The highest BCUT2D eigenvalue weighted by atomic mass is 32.2. The monoisotopic (exact) mass is 300 g/mol. The van der Waals surface area contributed by atoms with Crippen molar-refractivity contribution in [1.29, 1.82) is 0 Å². The lowest BCUT2D eigenvalue weighted by molar-refractivity contribution is 0.969. The van der Waals surface area contributed by atoms with E-state index in [2.05, 4.69) is 80.1 Å². The molecule has 2 aromatic carbocycles. The molecule has 104 valence electrons. The van der Waals surface area contributed by atoms with Crippen LogP contribution >= 0.6 is 23.5 Å². The molecular weight excluding hydrogens is 280 g/mol. The van der Waals surface area contributed by atoms with Gasteiger partial charge in [0.25, 0.3) is 0 Å². The molecule has 2 aromatic rings. The van der Waals surface area contributed by atoms with Crippen molar-refractivity contribution in [2.75, 3.05) is 12.5 Å². The van der Waals surface area contributed by atoms with Crippen molar-refractivity contribution in [1.82, 2.24) is 0 Å². The van der Waals surface area contributed by atoms with Crippen LogP contribution in [0, 0.1) is 0 Å². The van der Waals surface area contributed by atoms with E-state index in [-0.39, 0.29) is 0 Å². The topological polar surface area (TPSA) is 0 Å². The number of hydrogen-bond acceptors (Lipinski definition) is 2. The first-order valence-electron chi connectivity index (χ1n) is 6.69. The molecule has 1 atom stereocenters. The Hall–Kier alpha value is -1.12. The molecule has 2 rings (SSSR count). The highest BCUT2D eigenvalue weighted by Crippen LogP contribution is 2.22. The van der Waals surface area contributed by atoms with E-state index in [9.17, 15) is 0 Å². The first kappa shape index (κ1) is 15.3. The van der Waals surface area contributed by atoms with Crippen molar-refractivity contribution in [3.8, 4) is 0 Å². The van der Waals surface area contributed by atoms with Crippen molar-refractivity contribution in [2.24, 2.45) is 0 Å². The molecule has 0 aromatic heterocycles. The van der Waals surface area contributed by atoms with Gasteiger partial charge in [0.2, 0.25) is 0 Å². The van der Waals surface area contributed by atoms with Crippen LogP contribution in [0.25, 0.3) is 6.08 Å². The highest BCUT2D eigenvalue weighted by Gasteiger charge is 2.01. The zero-order valence-electron chi connectivity index (χ0n) is 12.2. The summed E-state index contributed by atoms with van der Waals surface area (Å²) in [4.78, 5) is 2.63. The molecule has 2 heteroatoms. The molecule has 0 fully saturated rings. The van der Waals surface area contributed by atoms with Gasteiger partial charge in [0.1, 0.15) is 0 Å². The van der Waals surface area contributed by atoms with Crippen molar-refractivity contribution in [2.45, 2.75) is 22.6 Å². The molecule has 0 amide bonds. The number of benzene rings is 2. The number of thioether (sulfide) groups is 2. The standard InChI is InChI=1S/C18H20S2/c1-14(16-8-12-18(20-3)13-9-16)4-5-15-6-10-17(19-2)11-7-15/h4-14H,1-3H3/b5-4+. The molecule has 0 aliphatic carbocycles. The second-order valence-electron chi connectivity index (χ2n) is 4.69. The number of hydrogen-bond donors (Lipinski definition) is 0. The molecule has 0 N–H and O–H groups in total. The predicted octanol–water partition coefficient (Wildman–Crippen LogP) is 5.95. The van der Waals surface area contributed by atoms with Gasteiger partial charge in [-0.3, -0.25) is 0 Å². The Bertz CT molecular complexity index is 553. The van der Waals surface area contributed by atoms with Crippen LogP contribution in [0.2, 0.25) is 0 Å². The predicted molar refractivity (Wildman–Crippen MR) is 93.9 cm³/mol. The van der Waals surface area contributed by atoms with Crippen molar-refractivity contribution in [3.63, 3.8) is 0 Å². The van der Waals surface area contributed by atoms with Crippen LogP contribution in [0.4, 0.5) is 0 Å². The zero-order chi connectivity index (χ0) is 14.4. The minimum Gasteiger partial charge on any atom is -0.130 e. The third-order valence-electron chi connectivity index (χ3n) is 3.33. The molecule has 0 bridgehead atoms. The largest absolute Gasteiger partial charge is 0.130 e. The fourth-order valence-electron chi connectivity index (χ4n) is 1.99. The lowest BCUT2D eigenvalue weighted by Gasteiger charge is -2.07. The van der Waals surface area contributed by atoms with Crippen molar-refractivity contribution in [3.05, 3.63) is 65.7 Å². The SMILES string of the molecule is CSc1ccc(/C=C/C(C)c2ccc(SC)cc2)cc1. The van der Waals surface area contributed by atoms with E-state index in [1.807, 2.05) is 0 Å². The minimum atomic E-state index is 0.436. The second-order valence-corrected chi connectivity index (χ2v) is 6.45. The van der Waals surface area contributed by atoms with Crippen LogP contribution in [-0.4, -0.2) is 12.5 Å². The Morgan fingerprint density at radius 2 is 1.30 bits per heavy atom. The maximum Gasteiger partial charge on any atom is 0.00695 e. The molecule has 0 heterocycles. The van der Waals surface area contributed by atoms with Gasteiger partial charge in [0.05, 0.1) is 0 Å². The summed E-state index contributed by atoms with van der Waals surface area (Å²) in [7, 11) is 0. The molecular formula is C18H20S2. The summed E-state index contributed by atoms with van der Waals surface area (Å²) in [5, 5.41) is 0. The lowest BCUT2D eigenvalue weighted by Crippen LogP contribution is -1.88.